The van der Waals surface area contributed by atoms with Crippen molar-refractivity contribution in [1.29, 1.82) is 5.26 Å². The molecule has 232 valence electrons. The van der Waals surface area contributed by atoms with Crippen molar-refractivity contribution < 1.29 is 23.4 Å². The molecule has 3 rings (SSSR count). The van der Waals surface area contributed by atoms with Gasteiger partial charge in [0.05, 0.1) is 61.0 Å². The molecule has 2 aromatic rings. The first-order chi connectivity index (χ1) is 20.7. The summed E-state index contributed by atoms with van der Waals surface area (Å²) < 4.78 is 31.1. The van der Waals surface area contributed by atoms with E-state index >= 15 is 0 Å². The number of aliphatic hydroxyl groups excluding tert-OH is 2. The van der Waals surface area contributed by atoms with Crippen LogP contribution < -0.4 is 10.6 Å². The second kappa shape index (κ2) is 16.3. The fourth-order valence-corrected chi connectivity index (χ4v) is 5.76. The van der Waals surface area contributed by atoms with Gasteiger partial charge in [0.2, 0.25) is 0 Å². The topological polar surface area (TPSA) is 172 Å². The van der Waals surface area contributed by atoms with Gasteiger partial charge >= 0.3 is 0 Å². The molecule has 4 N–H and O–H groups in total. The highest BCUT2D eigenvalue weighted by molar-refractivity contribution is 7.91. The Kier molecular flexibility index (Phi) is 12.8. The summed E-state index contributed by atoms with van der Waals surface area (Å²) in [4.78, 5) is 6.76. The number of anilines is 1. The van der Waals surface area contributed by atoms with Crippen LogP contribution in [0.25, 0.3) is 0 Å². The van der Waals surface area contributed by atoms with Crippen LogP contribution in [-0.4, -0.2) is 93.3 Å². The number of azo groups is 1. The molecule has 13 heteroatoms. The minimum atomic E-state index is -3.53. The maximum Gasteiger partial charge on any atom is 0.179 e. The normalized spacial score (nSPS) is 20.0. The maximum absolute atomic E-state index is 12.9. The van der Waals surface area contributed by atoms with Crippen molar-refractivity contribution in [2.75, 3.05) is 63.7 Å². The van der Waals surface area contributed by atoms with Crippen molar-refractivity contribution in [3.8, 4) is 6.07 Å². The smallest absolute Gasteiger partial charge is 0.179 e. The zero-order valence-electron chi connectivity index (χ0n) is 24.9. The van der Waals surface area contributed by atoms with E-state index in [1.165, 1.54) is 12.1 Å². The van der Waals surface area contributed by atoms with Crippen molar-refractivity contribution in [2.24, 2.45) is 21.1 Å². The molecule has 0 aromatic heterocycles. The molecule has 43 heavy (non-hydrogen) atoms. The predicted octanol–water partition coefficient (Wildman–Crippen LogP) is 3.11. The minimum absolute atomic E-state index is 0.0267. The van der Waals surface area contributed by atoms with Gasteiger partial charge in [0.25, 0.3) is 0 Å². The lowest BCUT2D eigenvalue weighted by Gasteiger charge is -2.38. The van der Waals surface area contributed by atoms with Gasteiger partial charge in [0, 0.05) is 24.7 Å². The molecular weight excluding hydrogens is 570 g/mol. The third-order valence-electron chi connectivity index (χ3n) is 7.28. The lowest BCUT2D eigenvalue weighted by molar-refractivity contribution is 0.0977. The Bertz CT molecular complexity index is 1420. The number of para-hydroxylation sites is 1. The molecule has 0 bridgehead atoms. The Morgan fingerprint density at radius 1 is 1.09 bits per heavy atom. The van der Waals surface area contributed by atoms with Crippen LogP contribution in [0.2, 0.25) is 0 Å². The van der Waals surface area contributed by atoms with E-state index in [1.54, 1.807) is 12.1 Å². The SMILES string of the molecule is CCN(CCO)CCS(=O)(=O)c1ccc(N=NC2(C)C(=NCCOCCO)NC(Nc3ccccc3)=C(C#N)C2C)cc1. The number of nitriles is 1. The standard InChI is InChI=1S/C30H41N7O5S/c1-4-37(15-17-38)16-21-43(40,41)26-12-10-25(11-13-26)35-36-30(3)23(2)27(22-31)28(33-24-8-6-5-7-9-24)34-29(30)32-14-19-42-20-18-39/h5-13,23,33,38-39H,4,14-21H2,1-3H3,(H,32,34). The predicted molar refractivity (Wildman–Crippen MR) is 166 cm³/mol. The molecule has 1 aliphatic heterocycles. The molecule has 2 aromatic carbocycles. The van der Waals surface area contributed by atoms with Crippen LogP contribution in [0.3, 0.4) is 0 Å². The third kappa shape index (κ3) is 9.16. The highest BCUT2D eigenvalue weighted by atomic mass is 32.2. The number of hydrogen-bond donors (Lipinski definition) is 4. The molecule has 0 spiro atoms. The molecule has 0 saturated heterocycles. The fourth-order valence-electron chi connectivity index (χ4n) is 4.47. The van der Waals surface area contributed by atoms with E-state index in [9.17, 15) is 13.7 Å². The molecule has 12 nitrogen and oxygen atoms in total. The number of amidine groups is 1. The van der Waals surface area contributed by atoms with Crippen molar-refractivity contribution in [1.82, 2.24) is 10.2 Å². The van der Waals surface area contributed by atoms with E-state index < -0.39 is 21.3 Å². The van der Waals surface area contributed by atoms with Crippen molar-refractivity contribution >= 4 is 27.0 Å². The lowest BCUT2D eigenvalue weighted by atomic mass is 9.79. The number of rotatable bonds is 16. The number of aliphatic hydroxyl groups is 2. The summed E-state index contributed by atoms with van der Waals surface area (Å²) >= 11 is 0. The van der Waals surface area contributed by atoms with E-state index in [0.29, 0.717) is 49.1 Å². The molecule has 2 atom stereocenters. The third-order valence-corrected chi connectivity index (χ3v) is 8.99. The van der Waals surface area contributed by atoms with Crippen LogP contribution in [-0.2, 0) is 14.6 Å². The quantitative estimate of drug-likeness (QED) is 0.164. The van der Waals surface area contributed by atoms with Gasteiger partial charge in [-0.25, -0.2) is 8.42 Å². The number of nitrogens with zero attached hydrogens (tertiary/aromatic N) is 5. The monoisotopic (exact) mass is 611 g/mol. The Morgan fingerprint density at radius 2 is 1.81 bits per heavy atom. The number of likely N-dealkylation sites (N-methyl/N-ethyl adjacent to an activating group) is 1. The van der Waals surface area contributed by atoms with Gasteiger partial charge in [0.15, 0.2) is 9.84 Å². The Labute approximate surface area is 253 Å². The Morgan fingerprint density at radius 3 is 2.44 bits per heavy atom. The van der Waals surface area contributed by atoms with Gasteiger partial charge in [-0.2, -0.15) is 15.5 Å². The Balaban J connectivity index is 1.87. The first kappa shape index (κ1) is 33.8. The number of benzene rings is 2. The molecule has 2 unspecified atom stereocenters. The average molecular weight is 612 g/mol. The average Bonchev–Trinajstić information content (AvgIpc) is 3.01. The summed E-state index contributed by atoms with van der Waals surface area (Å²) in [5.74, 6) is 0.495. The van der Waals surface area contributed by atoms with Crippen molar-refractivity contribution in [3.05, 3.63) is 66.0 Å². The van der Waals surface area contributed by atoms with E-state index in [0.717, 1.165) is 5.69 Å². The molecule has 0 radical (unpaired) electrons. The number of nitrogens with one attached hydrogen (secondary N) is 2. The summed E-state index contributed by atoms with van der Waals surface area (Å²) in [5.41, 5.74) is 0.644. The van der Waals surface area contributed by atoms with Gasteiger partial charge in [-0.15, -0.1) is 0 Å². The van der Waals surface area contributed by atoms with Gasteiger partial charge in [-0.3, -0.25) is 4.99 Å². The number of sulfone groups is 1. The van der Waals surface area contributed by atoms with E-state index in [1.807, 2.05) is 56.0 Å². The highest BCUT2D eigenvalue weighted by Gasteiger charge is 2.44. The molecule has 0 amide bonds. The number of hydrogen-bond acceptors (Lipinski definition) is 11. The summed E-state index contributed by atoms with van der Waals surface area (Å²) in [6.45, 7) is 7.71. The van der Waals surface area contributed by atoms with Gasteiger partial charge in [-0.05, 0) is 49.9 Å². The minimum Gasteiger partial charge on any atom is -0.395 e. The second-order valence-corrected chi connectivity index (χ2v) is 12.2. The van der Waals surface area contributed by atoms with Crippen LogP contribution in [0.5, 0.6) is 0 Å². The highest BCUT2D eigenvalue weighted by Crippen LogP contribution is 2.36. The molecule has 0 fully saturated rings. The van der Waals surface area contributed by atoms with Crippen LogP contribution in [0.4, 0.5) is 11.4 Å². The summed E-state index contributed by atoms with van der Waals surface area (Å²) in [5, 5.41) is 43.8. The maximum atomic E-state index is 12.9. The lowest BCUT2D eigenvalue weighted by Crippen LogP contribution is -2.53. The van der Waals surface area contributed by atoms with E-state index in [-0.39, 0.29) is 37.1 Å². The van der Waals surface area contributed by atoms with E-state index in [4.69, 9.17) is 19.9 Å². The van der Waals surface area contributed by atoms with E-state index in [2.05, 4.69) is 26.9 Å². The van der Waals surface area contributed by atoms with Gasteiger partial charge in [-0.1, -0.05) is 32.0 Å². The largest absolute Gasteiger partial charge is 0.395 e. The summed E-state index contributed by atoms with van der Waals surface area (Å²) in [7, 11) is -3.53. The second-order valence-electron chi connectivity index (χ2n) is 10.1. The van der Waals surface area contributed by atoms with Crippen molar-refractivity contribution in [2.45, 2.75) is 31.2 Å². The first-order valence-electron chi connectivity index (χ1n) is 14.2. The molecule has 1 heterocycles. The van der Waals surface area contributed by atoms with Crippen LogP contribution in [0.1, 0.15) is 20.8 Å². The molecule has 0 saturated carbocycles. The van der Waals surface area contributed by atoms with Crippen molar-refractivity contribution in [3.63, 3.8) is 0 Å². The van der Waals surface area contributed by atoms with Crippen LogP contribution in [0, 0.1) is 17.2 Å². The van der Waals surface area contributed by atoms with Crippen LogP contribution >= 0.6 is 0 Å². The zero-order chi connectivity index (χ0) is 31.3. The van der Waals surface area contributed by atoms with Crippen LogP contribution in [0.15, 0.2) is 86.1 Å². The number of ether oxygens (including phenoxy) is 1. The number of aliphatic imine (C=N–C) groups is 1. The first-order valence-corrected chi connectivity index (χ1v) is 15.9. The van der Waals surface area contributed by atoms with Gasteiger partial charge < -0.3 is 30.5 Å². The van der Waals surface area contributed by atoms with Gasteiger partial charge in [0.1, 0.15) is 17.2 Å². The summed E-state index contributed by atoms with van der Waals surface area (Å²) in [6.07, 6.45) is 0. The molecular formula is C30H41N7O5S. The molecule has 0 aliphatic carbocycles. The molecule has 1 aliphatic rings. The summed E-state index contributed by atoms with van der Waals surface area (Å²) in [6, 6.07) is 18.0. The fraction of sp³-hybridized carbons (Fsp3) is 0.467. The zero-order valence-corrected chi connectivity index (χ0v) is 25.7. The Hall–Kier alpha value is -3.67.